The molecule has 22 nitrogen and oxygen atoms in total. The van der Waals surface area contributed by atoms with E-state index in [1.165, 1.54) is 110 Å². The van der Waals surface area contributed by atoms with Crippen LogP contribution in [0.5, 0.6) is 5.75 Å². The molecule has 2 unspecified atom stereocenters. The van der Waals surface area contributed by atoms with Crippen LogP contribution in [0, 0.1) is 5.41 Å². The number of esters is 3. The van der Waals surface area contributed by atoms with E-state index in [0.29, 0.717) is 52.0 Å². The number of nitrogens with zero attached hydrogens (tertiary/aromatic N) is 7. The first-order valence-electron chi connectivity index (χ1n) is 33.4. The summed E-state index contributed by atoms with van der Waals surface area (Å²) in [5.74, 6) is -1.64. The summed E-state index contributed by atoms with van der Waals surface area (Å²) in [6.07, 6.45) is 15.5. The number of ketones is 1. The van der Waals surface area contributed by atoms with Gasteiger partial charge in [-0.15, -0.1) is 21.5 Å². The van der Waals surface area contributed by atoms with Crippen LogP contribution in [-0.2, 0) is 49.5 Å². The molecule has 4 heterocycles. The van der Waals surface area contributed by atoms with Crippen LogP contribution in [-0.4, -0.2) is 102 Å². The zero-order chi connectivity index (χ0) is 73.9. The molecule has 0 aliphatic carbocycles. The SMILES string of the molecule is CC.CC(=O)Nc1ccc(Cl)c(NC(=O)C(C(=O)C(C)(C)C)n2nnc3ccccc32)c1.CC(=O)Oc1ccccc1.CC1=CCOC(C)=C1.CCCCCCCCCCCCOC(=O)C(C)OC(=O)c1ccc(NC(=O)Cn2nnc3ccc(C=O)cc32)c(Cl)c1.c1ccc2scnc2c1. The summed E-state index contributed by atoms with van der Waals surface area (Å²) < 4.78 is 24.4. The van der Waals surface area contributed by atoms with Gasteiger partial charge in [0.2, 0.25) is 11.8 Å². The molecule has 0 spiro atoms. The van der Waals surface area contributed by atoms with Crippen LogP contribution in [0.1, 0.15) is 167 Å². The molecule has 10 rings (SSSR count). The number of aromatic nitrogens is 7. The van der Waals surface area contributed by atoms with Crippen molar-refractivity contribution in [3.05, 3.63) is 184 Å². The minimum Gasteiger partial charge on any atom is -0.494 e. The highest BCUT2D eigenvalue weighted by Crippen LogP contribution is 2.31. The number of nitrogens with one attached hydrogen (secondary N) is 3. The average molecular weight is 1440 g/mol. The minimum absolute atomic E-state index is 0.112. The number of carbonyl (C=O) groups excluding carboxylic acids is 8. The van der Waals surface area contributed by atoms with Gasteiger partial charge < -0.3 is 34.9 Å². The molecule has 3 aromatic heterocycles. The number of hydrogen-bond donors (Lipinski definition) is 3. The molecule has 3 N–H and O–H groups in total. The number of Topliss-reactive ketones (excluding diaryl/α,β-unsaturated/α-hetero) is 1. The fraction of sp³-hybridized carbons (Fsp3) is 0.355. The third-order valence-electron chi connectivity index (χ3n) is 14.6. The van der Waals surface area contributed by atoms with Gasteiger partial charge in [0.25, 0.3) is 5.91 Å². The lowest BCUT2D eigenvalue weighted by Gasteiger charge is -2.24. The number of amides is 3. The number of anilines is 3. The quantitative estimate of drug-likeness (QED) is 0.0167. The molecule has 536 valence electrons. The predicted octanol–water partition coefficient (Wildman–Crippen LogP) is 17.2. The summed E-state index contributed by atoms with van der Waals surface area (Å²) in [7, 11) is 0. The molecule has 25 heteroatoms. The van der Waals surface area contributed by atoms with Crippen LogP contribution in [0.3, 0.4) is 0 Å². The van der Waals surface area contributed by atoms with Crippen LogP contribution < -0.4 is 20.7 Å². The average Bonchev–Trinajstić information content (AvgIpc) is 1.72. The lowest BCUT2D eigenvalue weighted by atomic mass is 9.86. The molecule has 1 aliphatic heterocycles. The van der Waals surface area contributed by atoms with E-state index in [-0.39, 0.29) is 51.2 Å². The summed E-state index contributed by atoms with van der Waals surface area (Å²) in [5.41, 5.74) is 7.25. The number of carbonyl (C=O) groups is 8. The Morgan fingerprint density at radius 3 is 1.96 bits per heavy atom. The van der Waals surface area contributed by atoms with Crippen LogP contribution in [0.25, 0.3) is 32.3 Å². The second-order valence-corrected chi connectivity index (χ2v) is 25.6. The van der Waals surface area contributed by atoms with Gasteiger partial charge in [-0.05, 0) is 136 Å². The van der Waals surface area contributed by atoms with Crippen LogP contribution in [0.2, 0.25) is 10.0 Å². The number of fused-ring (bicyclic) bond motifs is 3. The van der Waals surface area contributed by atoms with Crippen molar-refractivity contribution in [3.63, 3.8) is 0 Å². The molecule has 3 amide bonds. The standard InChI is InChI=1S/C31H39ClN4O6.C21H22ClN5O3.C8H8O2.C7H5NS.C7H10O.C2H6/c1-3-4-5-6-7-8-9-10-11-12-17-41-30(39)22(2)42-31(40)24-14-16-26(25(32)19-24)33-29(38)20-36-28-18-23(21-37)13-15-27(28)34-35-36;1-12(28)23-13-9-10-14(22)16(11-13)24-20(30)18(19(29)21(2,3)4)27-17-8-6-5-7-15(17)25-26-27;1-7(9)10-8-5-3-2-4-6-8;1-2-4-7-6(3-1)8-5-9-7;1-6-3-4-8-7(2)5-6;1-2/h13-16,18-19,21-22H,3-12,17,20H2,1-2H3,(H,33,38);5-11,18H,1-4H3,(H,23,28)(H,24,30);2-6H,1H3;1-5H;3,5H,4H2,1-2H3;1-2H3. The van der Waals surface area contributed by atoms with Crippen molar-refractivity contribution < 1.29 is 57.3 Å². The lowest BCUT2D eigenvalue weighted by Crippen LogP contribution is -2.39. The number of hydrogen-bond acceptors (Lipinski definition) is 18. The number of para-hydroxylation sites is 3. The molecule has 0 saturated heterocycles. The molecule has 0 bridgehead atoms. The van der Waals surface area contributed by atoms with Gasteiger partial charge in [0.05, 0.1) is 66.1 Å². The van der Waals surface area contributed by atoms with Gasteiger partial charge in [-0.3, -0.25) is 28.8 Å². The van der Waals surface area contributed by atoms with Crippen molar-refractivity contribution in [2.75, 3.05) is 29.2 Å². The molecule has 101 heavy (non-hydrogen) atoms. The molecule has 0 saturated carbocycles. The largest absolute Gasteiger partial charge is 0.494 e. The number of aldehydes is 1. The maximum Gasteiger partial charge on any atom is 0.347 e. The molecule has 0 radical (unpaired) electrons. The van der Waals surface area contributed by atoms with Gasteiger partial charge in [-0.2, -0.15) is 0 Å². The van der Waals surface area contributed by atoms with E-state index in [1.807, 2.05) is 68.8 Å². The number of unbranched alkanes of at least 4 members (excludes halogenated alkanes) is 9. The molecule has 9 aromatic rings. The second kappa shape index (κ2) is 42.9. The zero-order valence-electron chi connectivity index (χ0n) is 59.1. The highest BCUT2D eigenvalue weighted by Gasteiger charge is 2.38. The fourth-order valence-corrected chi connectivity index (χ4v) is 10.6. The second-order valence-electron chi connectivity index (χ2n) is 23.9. The Morgan fingerprint density at radius 2 is 1.34 bits per heavy atom. The van der Waals surface area contributed by atoms with Crippen LogP contribution in [0.15, 0.2) is 162 Å². The zero-order valence-corrected chi connectivity index (χ0v) is 61.4. The third-order valence-corrected chi connectivity index (χ3v) is 16.0. The first-order chi connectivity index (χ1) is 48.4. The Labute approximate surface area is 603 Å². The van der Waals surface area contributed by atoms with E-state index in [0.717, 1.165) is 37.1 Å². The third kappa shape index (κ3) is 27.9. The number of halogens is 2. The lowest BCUT2D eigenvalue weighted by molar-refractivity contribution is -0.153. The molecular weight excluding hydrogens is 1350 g/mol. The summed E-state index contributed by atoms with van der Waals surface area (Å²) in [6.45, 7) is 20.6. The van der Waals surface area contributed by atoms with Crippen molar-refractivity contribution in [1.29, 1.82) is 0 Å². The van der Waals surface area contributed by atoms with Crippen LogP contribution in [0.4, 0.5) is 17.1 Å². The number of ether oxygens (including phenoxy) is 4. The normalized spacial score (nSPS) is 11.9. The van der Waals surface area contributed by atoms with Crippen molar-refractivity contribution in [2.24, 2.45) is 5.41 Å². The summed E-state index contributed by atoms with van der Waals surface area (Å²) in [6, 6.07) is 36.7. The van der Waals surface area contributed by atoms with E-state index in [9.17, 15) is 38.4 Å². The minimum atomic E-state index is -1.25. The summed E-state index contributed by atoms with van der Waals surface area (Å²) in [5, 5.41) is 24.5. The number of allylic oxidation sites excluding steroid dienone is 3. The number of benzene rings is 6. The van der Waals surface area contributed by atoms with Crippen molar-refractivity contribution in [2.45, 2.75) is 159 Å². The summed E-state index contributed by atoms with van der Waals surface area (Å²) >= 11 is 14.2. The smallest absolute Gasteiger partial charge is 0.347 e. The van der Waals surface area contributed by atoms with Gasteiger partial charge in [0.1, 0.15) is 36.2 Å². The molecular formula is C76H90Cl2N10O12S. The molecule has 6 aromatic carbocycles. The van der Waals surface area contributed by atoms with Gasteiger partial charge in [-0.25, -0.2) is 23.9 Å². The van der Waals surface area contributed by atoms with Crippen molar-refractivity contribution in [3.8, 4) is 5.75 Å². The van der Waals surface area contributed by atoms with E-state index >= 15 is 0 Å². The van der Waals surface area contributed by atoms with E-state index in [2.05, 4.69) is 67.5 Å². The Morgan fingerprint density at radius 1 is 0.693 bits per heavy atom. The number of thiazole rings is 1. The molecule has 0 fully saturated rings. The Balaban J connectivity index is 0.000000264. The Hall–Kier alpha value is -9.97. The topological polar surface area (TPSA) is 284 Å². The van der Waals surface area contributed by atoms with Gasteiger partial charge in [0, 0.05) is 30.5 Å². The maximum atomic E-state index is 13.3. The first-order valence-corrected chi connectivity index (χ1v) is 35.0. The molecule has 1 aliphatic rings. The Bertz CT molecular complexity index is 4230. The maximum absolute atomic E-state index is 13.3. The van der Waals surface area contributed by atoms with Crippen LogP contribution >= 0.6 is 34.5 Å². The highest BCUT2D eigenvalue weighted by atomic mass is 35.5. The Kier molecular flexibility index (Phi) is 34.7. The van der Waals surface area contributed by atoms with E-state index in [1.54, 1.807) is 98.8 Å². The van der Waals surface area contributed by atoms with Gasteiger partial charge in [0.15, 0.2) is 17.9 Å². The fourth-order valence-electron chi connectivity index (χ4n) is 9.51. The first kappa shape index (κ1) is 81.7. The highest BCUT2D eigenvalue weighted by molar-refractivity contribution is 7.16. The van der Waals surface area contributed by atoms with E-state index < -0.39 is 41.3 Å². The predicted molar refractivity (Wildman–Crippen MR) is 398 cm³/mol. The van der Waals surface area contributed by atoms with Gasteiger partial charge >= 0.3 is 17.9 Å². The number of rotatable bonds is 24. The van der Waals surface area contributed by atoms with Gasteiger partial charge in [-0.1, -0.05) is 175 Å². The van der Waals surface area contributed by atoms with Crippen molar-refractivity contribution >= 4 is 132 Å². The monoisotopic (exact) mass is 1440 g/mol. The summed E-state index contributed by atoms with van der Waals surface area (Å²) in [4.78, 5) is 101. The van der Waals surface area contributed by atoms with E-state index in [4.69, 9.17) is 42.1 Å². The van der Waals surface area contributed by atoms with Crippen molar-refractivity contribution in [1.82, 2.24) is 35.0 Å². The molecule has 2 atom stereocenters.